The van der Waals surface area contributed by atoms with Gasteiger partial charge in [0.05, 0.1) is 17.0 Å². The fraction of sp³-hybridized carbons (Fsp3) is 0.667. The molecule has 1 aromatic rings. The first-order valence-electron chi connectivity index (χ1n) is 5.44. The minimum absolute atomic E-state index is 0.354. The number of thiophene rings is 1. The fourth-order valence-corrected chi connectivity index (χ4v) is 4.16. The summed E-state index contributed by atoms with van der Waals surface area (Å²) in [5.74, 6) is 0. The van der Waals surface area contributed by atoms with E-state index < -0.39 is 0 Å². The van der Waals surface area contributed by atoms with E-state index in [9.17, 15) is 0 Å². The second-order valence-electron chi connectivity index (χ2n) is 4.33. The molecule has 0 aliphatic carbocycles. The Morgan fingerprint density at radius 1 is 1.47 bits per heavy atom. The Kier molecular flexibility index (Phi) is 3.53. The summed E-state index contributed by atoms with van der Waals surface area (Å²) in [5.41, 5.74) is 1.41. The molecule has 3 heteroatoms. The molecule has 0 N–H and O–H groups in total. The Bertz CT molecular complexity index is 347. The lowest BCUT2D eigenvalue weighted by Gasteiger charge is -2.17. The molecule has 1 aliphatic heterocycles. The van der Waals surface area contributed by atoms with Gasteiger partial charge in [-0.2, -0.15) is 0 Å². The second kappa shape index (κ2) is 4.56. The zero-order valence-corrected chi connectivity index (χ0v) is 11.8. The van der Waals surface area contributed by atoms with Crippen molar-refractivity contribution in [1.82, 2.24) is 0 Å². The lowest BCUT2D eigenvalue weighted by molar-refractivity contribution is 0.0556. The largest absolute Gasteiger partial charge is 0.374 e. The molecule has 3 atom stereocenters. The topological polar surface area (TPSA) is 9.23 Å². The molecule has 3 unspecified atom stereocenters. The summed E-state index contributed by atoms with van der Waals surface area (Å²) >= 11 is 5.66. The first-order valence-corrected chi connectivity index (χ1v) is 7.17. The van der Waals surface area contributed by atoms with Gasteiger partial charge < -0.3 is 4.74 Å². The molecule has 2 rings (SSSR count). The Morgan fingerprint density at radius 2 is 2.20 bits per heavy atom. The van der Waals surface area contributed by atoms with Crippen LogP contribution in [0, 0.1) is 13.8 Å². The van der Waals surface area contributed by atoms with Crippen LogP contribution in [0.3, 0.4) is 0 Å². The highest BCUT2D eigenvalue weighted by atomic mass is 79.9. The number of hydrogen-bond acceptors (Lipinski definition) is 2. The van der Waals surface area contributed by atoms with Gasteiger partial charge >= 0.3 is 0 Å². The highest BCUT2D eigenvalue weighted by Crippen LogP contribution is 2.39. The lowest BCUT2D eigenvalue weighted by atomic mass is 10.1. The summed E-state index contributed by atoms with van der Waals surface area (Å²) in [7, 11) is 0. The van der Waals surface area contributed by atoms with E-state index in [0.717, 1.165) is 0 Å². The number of hydrogen-bond donors (Lipinski definition) is 0. The van der Waals surface area contributed by atoms with E-state index in [2.05, 4.69) is 42.8 Å². The van der Waals surface area contributed by atoms with E-state index in [1.807, 2.05) is 11.3 Å². The summed E-state index contributed by atoms with van der Waals surface area (Å²) in [6, 6.07) is 2.28. The predicted molar refractivity (Wildman–Crippen MR) is 69.0 cm³/mol. The molecule has 0 amide bonds. The molecule has 0 spiro atoms. The van der Waals surface area contributed by atoms with Crippen molar-refractivity contribution in [2.24, 2.45) is 0 Å². The van der Waals surface area contributed by atoms with E-state index in [1.165, 1.54) is 28.2 Å². The van der Waals surface area contributed by atoms with E-state index in [0.29, 0.717) is 17.0 Å². The highest BCUT2D eigenvalue weighted by molar-refractivity contribution is 9.09. The van der Waals surface area contributed by atoms with Gasteiger partial charge in [0.1, 0.15) is 0 Å². The molecule has 0 saturated carbocycles. The highest BCUT2D eigenvalue weighted by Gasteiger charge is 2.30. The molecule has 84 valence electrons. The van der Waals surface area contributed by atoms with Crippen molar-refractivity contribution < 1.29 is 4.74 Å². The van der Waals surface area contributed by atoms with Gasteiger partial charge in [0.25, 0.3) is 0 Å². The molecule has 1 fully saturated rings. The van der Waals surface area contributed by atoms with Crippen molar-refractivity contribution in [3.63, 3.8) is 0 Å². The lowest BCUT2D eigenvalue weighted by Crippen LogP contribution is -2.14. The monoisotopic (exact) mass is 288 g/mol. The number of ether oxygens (including phenoxy) is 1. The van der Waals surface area contributed by atoms with Crippen LogP contribution in [0.25, 0.3) is 0 Å². The molecule has 1 nitrogen and oxygen atoms in total. The van der Waals surface area contributed by atoms with Crippen LogP contribution in [0.2, 0.25) is 0 Å². The van der Waals surface area contributed by atoms with Gasteiger partial charge in [-0.25, -0.2) is 0 Å². The Hall–Kier alpha value is 0.140. The summed E-state index contributed by atoms with van der Waals surface area (Å²) in [6.07, 6.45) is 3.14. The van der Waals surface area contributed by atoms with Crippen LogP contribution in [0.15, 0.2) is 6.07 Å². The third-order valence-corrected chi connectivity index (χ3v) is 5.03. The Labute approximate surface area is 104 Å². The first kappa shape index (κ1) is 11.6. The Morgan fingerprint density at radius 3 is 2.67 bits per heavy atom. The molecule has 1 aliphatic rings. The van der Waals surface area contributed by atoms with E-state index in [4.69, 9.17) is 4.74 Å². The summed E-state index contributed by atoms with van der Waals surface area (Å²) in [6.45, 7) is 6.52. The maximum Gasteiger partial charge on any atom is 0.0745 e. The summed E-state index contributed by atoms with van der Waals surface area (Å²) in [5, 5.41) is 0. The van der Waals surface area contributed by atoms with Crippen molar-refractivity contribution in [2.45, 2.75) is 50.6 Å². The van der Waals surface area contributed by atoms with Gasteiger partial charge in [0.15, 0.2) is 0 Å². The zero-order valence-electron chi connectivity index (χ0n) is 9.42. The van der Waals surface area contributed by atoms with E-state index in [-0.39, 0.29) is 0 Å². The molecule has 15 heavy (non-hydrogen) atoms. The van der Waals surface area contributed by atoms with Crippen LogP contribution in [0.1, 0.15) is 39.9 Å². The minimum atomic E-state index is 0.354. The Balaban J connectivity index is 2.13. The number of halogens is 1. The van der Waals surface area contributed by atoms with Gasteiger partial charge in [-0.1, -0.05) is 15.9 Å². The van der Waals surface area contributed by atoms with Crippen molar-refractivity contribution in [3.8, 4) is 0 Å². The van der Waals surface area contributed by atoms with Crippen molar-refractivity contribution in [1.29, 1.82) is 0 Å². The van der Waals surface area contributed by atoms with Crippen LogP contribution in [0.5, 0.6) is 0 Å². The third kappa shape index (κ3) is 2.45. The quantitative estimate of drug-likeness (QED) is 0.735. The maximum atomic E-state index is 5.90. The van der Waals surface area contributed by atoms with Gasteiger partial charge in [0, 0.05) is 9.75 Å². The molecule has 0 radical (unpaired) electrons. The van der Waals surface area contributed by atoms with Gasteiger partial charge in [-0.05, 0) is 45.2 Å². The molecular weight excluding hydrogens is 272 g/mol. The molecular formula is C12H17BrOS. The number of aryl methyl sites for hydroxylation is 2. The van der Waals surface area contributed by atoms with Gasteiger partial charge in [0.2, 0.25) is 0 Å². The van der Waals surface area contributed by atoms with Crippen LogP contribution < -0.4 is 0 Å². The third-order valence-electron chi connectivity index (χ3n) is 2.97. The average Bonchev–Trinajstić information content (AvgIpc) is 2.71. The smallest absolute Gasteiger partial charge is 0.0745 e. The number of alkyl halides is 1. The predicted octanol–water partition coefficient (Wildman–Crippen LogP) is 4.37. The molecule has 1 aromatic heterocycles. The molecule has 1 saturated heterocycles. The molecule has 0 aromatic carbocycles. The van der Waals surface area contributed by atoms with Crippen LogP contribution in [0.4, 0.5) is 0 Å². The fourth-order valence-electron chi connectivity index (χ4n) is 2.17. The summed E-state index contributed by atoms with van der Waals surface area (Å²) in [4.78, 5) is 3.17. The maximum absolute atomic E-state index is 5.90. The molecule has 2 heterocycles. The standard InChI is InChI=1S/C12H17BrOS/c1-7-4-5-11(14-7)12(13)10-6-8(2)15-9(10)3/h6-7,11-12H,4-5H2,1-3H3. The van der Waals surface area contributed by atoms with Crippen molar-refractivity contribution in [2.75, 3.05) is 0 Å². The van der Waals surface area contributed by atoms with Crippen molar-refractivity contribution in [3.05, 3.63) is 21.4 Å². The van der Waals surface area contributed by atoms with E-state index in [1.54, 1.807) is 0 Å². The van der Waals surface area contributed by atoms with Crippen LogP contribution in [-0.2, 0) is 4.74 Å². The van der Waals surface area contributed by atoms with Gasteiger partial charge in [-0.15, -0.1) is 11.3 Å². The zero-order chi connectivity index (χ0) is 11.0. The van der Waals surface area contributed by atoms with E-state index >= 15 is 0 Å². The van der Waals surface area contributed by atoms with Crippen molar-refractivity contribution >= 4 is 27.3 Å². The summed E-state index contributed by atoms with van der Waals surface area (Å²) < 4.78 is 5.90. The van der Waals surface area contributed by atoms with Crippen LogP contribution in [-0.4, -0.2) is 12.2 Å². The first-order chi connectivity index (χ1) is 7.08. The van der Waals surface area contributed by atoms with Crippen LogP contribution >= 0.6 is 27.3 Å². The number of rotatable bonds is 2. The van der Waals surface area contributed by atoms with Gasteiger partial charge in [-0.3, -0.25) is 0 Å². The SMILES string of the molecule is Cc1cc(C(Br)C2CCC(C)O2)c(C)s1. The normalized spacial score (nSPS) is 28.3. The average molecular weight is 289 g/mol. The second-order valence-corrected chi connectivity index (χ2v) is 6.78. The molecule has 0 bridgehead atoms. The minimum Gasteiger partial charge on any atom is -0.374 e.